The first-order valence-electron chi connectivity index (χ1n) is 8.33. The predicted octanol–water partition coefficient (Wildman–Crippen LogP) is 1.31. The highest BCUT2D eigenvalue weighted by Crippen LogP contribution is 2.28. The van der Waals surface area contributed by atoms with Gasteiger partial charge in [-0.3, -0.25) is 14.4 Å². The van der Waals surface area contributed by atoms with Gasteiger partial charge >= 0.3 is 0 Å². The van der Waals surface area contributed by atoms with Gasteiger partial charge < -0.3 is 10.1 Å². The molecule has 1 aromatic rings. The maximum atomic E-state index is 11.6. The third-order valence-corrected chi connectivity index (χ3v) is 4.53. The van der Waals surface area contributed by atoms with Gasteiger partial charge in [0.15, 0.2) is 0 Å². The number of carbonyl (C=O) groups excluding carboxylic acids is 1. The van der Waals surface area contributed by atoms with Crippen LogP contribution < -0.4 is 5.32 Å². The number of rotatable bonds is 7. The van der Waals surface area contributed by atoms with E-state index >= 15 is 0 Å². The predicted molar refractivity (Wildman–Crippen MR) is 83.9 cm³/mol. The Hall–Kier alpha value is -1.40. The summed E-state index contributed by atoms with van der Waals surface area (Å²) in [5.41, 5.74) is 0.493. The summed E-state index contributed by atoms with van der Waals surface area (Å²) in [4.78, 5) is 14.0. The number of piperidine rings is 1. The Morgan fingerprint density at radius 2 is 2.32 bits per heavy atom. The second-order valence-corrected chi connectivity index (χ2v) is 6.38. The molecule has 6 heteroatoms. The summed E-state index contributed by atoms with van der Waals surface area (Å²) in [5.74, 6) is 0.709. The summed E-state index contributed by atoms with van der Waals surface area (Å²) < 4.78 is 7.68. The number of aromatic nitrogens is 2. The van der Waals surface area contributed by atoms with Crippen molar-refractivity contribution in [2.24, 2.45) is 5.92 Å². The zero-order valence-electron chi connectivity index (χ0n) is 13.3. The number of hydrogen-bond donors (Lipinski definition) is 1. The minimum atomic E-state index is -0.125. The maximum absolute atomic E-state index is 11.6. The molecule has 1 N–H and O–H groups in total. The molecule has 2 fully saturated rings. The number of nitrogens with one attached hydrogen (secondary N) is 1. The number of likely N-dealkylation sites (tertiary alicyclic amines) is 1. The fourth-order valence-corrected chi connectivity index (χ4v) is 2.97. The lowest BCUT2D eigenvalue weighted by Crippen LogP contribution is -2.38. The van der Waals surface area contributed by atoms with Crippen molar-refractivity contribution in [3.63, 3.8) is 0 Å². The third-order valence-electron chi connectivity index (χ3n) is 4.53. The van der Waals surface area contributed by atoms with Gasteiger partial charge in [-0.1, -0.05) is 0 Å². The average Bonchev–Trinajstić information content (AvgIpc) is 3.24. The highest BCUT2D eigenvalue weighted by molar-refractivity contribution is 5.91. The molecule has 0 aromatic carbocycles. The first-order valence-corrected chi connectivity index (χ1v) is 8.33. The molecule has 1 amide bonds. The van der Waals surface area contributed by atoms with Crippen LogP contribution in [0.2, 0.25) is 0 Å². The maximum Gasteiger partial charge on any atom is 0.271 e. The summed E-state index contributed by atoms with van der Waals surface area (Å²) in [6.45, 7) is 4.87. The lowest BCUT2D eigenvalue weighted by atomic mass is 10.1. The minimum Gasteiger partial charge on any atom is -0.380 e. The third kappa shape index (κ3) is 4.08. The van der Waals surface area contributed by atoms with Crippen LogP contribution in [0.25, 0.3) is 0 Å². The molecule has 2 heterocycles. The van der Waals surface area contributed by atoms with Crippen LogP contribution in [-0.2, 0) is 4.74 Å². The minimum absolute atomic E-state index is 0.125. The topological polar surface area (TPSA) is 59.4 Å². The van der Waals surface area contributed by atoms with Gasteiger partial charge in [-0.25, -0.2) is 0 Å². The molecule has 0 unspecified atom stereocenters. The van der Waals surface area contributed by atoms with Crippen molar-refractivity contribution in [1.82, 2.24) is 20.0 Å². The van der Waals surface area contributed by atoms with E-state index in [4.69, 9.17) is 4.74 Å². The second-order valence-electron chi connectivity index (χ2n) is 6.38. The molecule has 1 atom stereocenters. The fourth-order valence-electron chi connectivity index (χ4n) is 2.97. The normalized spacial score (nSPS) is 22.7. The number of carbonyl (C=O) groups is 1. The van der Waals surface area contributed by atoms with Crippen LogP contribution in [-0.4, -0.2) is 60.5 Å². The van der Waals surface area contributed by atoms with Gasteiger partial charge in [-0.05, 0) is 44.2 Å². The number of nitrogens with zero attached hydrogens (tertiary/aromatic N) is 3. The molecule has 22 heavy (non-hydrogen) atoms. The highest BCUT2D eigenvalue weighted by Gasteiger charge is 2.23. The second kappa shape index (κ2) is 7.24. The summed E-state index contributed by atoms with van der Waals surface area (Å²) in [6.07, 6.45) is 6.90. The summed E-state index contributed by atoms with van der Waals surface area (Å²) in [6, 6.07) is 2.15. The van der Waals surface area contributed by atoms with Gasteiger partial charge in [0.05, 0.1) is 12.6 Å². The number of ether oxygens (including phenoxy) is 1. The van der Waals surface area contributed by atoms with Crippen molar-refractivity contribution in [1.29, 1.82) is 0 Å². The van der Waals surface area contributed by atoms with Gasteiger partial charge in [0.1, 0.15) is 5.69 Å². The van der Waals surface area contributed by atoms with E-state index in [0.717, 1.165) is 45.2 Å². The van der Waals surface area contributed by atoms with Crippen LogP contribution in [0.15, 0.2) is 12.3 Å². The van der Waals surface area contributed by atoms with Gasteiger partial charge in [0, 0.05) is 32.9 Å². The van der Waals surface area contributed by atoms with Crippen LogP contribution in [0.1, 0.15) is 42.2 Å². The van der Waals surface area contributed by atoms with Crippen LogP contribution >= 0.6 is 0 Å². The average molecular weight is 306 g/mol. The molecule has 1 aliphatic heterocycles. The molecule has 0 bridgehead atoms. The van der Waals surface area contributed by atoms with Crippen molar-refractivity contribution in [2.45, 2.75) is 31.7 Å². The van der Waals surface area contributed by atoms with E-state index in [-0.39, 0.29) is 5.91 Å². The molecule has 1 saturated heterocycles. The van der Waals surface area contributed by atoms with Crippen LogP contribution in [0.5, 0.6) is 0 Å². The Labute approximate surface area is 131 Å². The first-order chi connectivity index (χ1) is 10.8. The lowest BCUT2D eigenvalue weighted by molar-refractivity contribution is 0.0790. The quantitative estimate of drug-likeness (QED) is 0.772. The van der Waals surface area contributed by atoms with Gasteiger partial charge in [-0.2, -0.15) is 5.10 Å². The summed E-state index contributed by atoms with van der Waals surface area (Å²) >= 11 is 0. The Kier molecular flexibility index (Phi) is 5.10. The van der Waals surface area contributed by atoms with Crippen LogP contribution in [0, 0.1) is 5.92 Å². The molecule has 0 spiro atoms. The van der Waals surface area contributed by atoms with Gasteiger partial charge in [0.25, 0.3) is 5.91 Å². The molecule has 3 rings (SSSR count). The number of amides is 1. The smallest absolute Gasteiger partial charge is 0.271 e. The molecule has 122 valence electrons. The van der Waals surface area contributed by atoms with Crippen LogP contribution in [0.3, 0.4) is 0 Å². The number of hydrogen-bond acceptors (Lipinski definition) is 4. The van der Waals surface area contributed by atoms with E-state index in [1.54, 1.807) is 13.1 Å². The molecule has 0 radical (unpaired) electrons. The van der Waals surface area contributed by atoms with Crippen molar-refractivity contribution < 1.29 is 9.53 Å². The van der Waals surface area contributed by atoms with E-state index in [9.17, 15) is 4.79 Å². The largest absolute Gasteiger partial charge is 0.380 e. The zero-order chi connectivity index (χ0) is 15.4. The molecular formula is C16H26N4O2. The molecule has 1 aromatic heterocycles. The van der Waals surface area contributed by atoms with Gasteiger partial charge in [0.2, 0.25) is 0 Å². The van der Waals surface area contributed by atoms with E-state index < -0.39 is 0 Å². The Morgan fingerprint density at radius 3 is 3.09 bits per heavy atom. The molecule has 6 nitrogen and oxygen atoms in total. The van der Waals surface area contributed by atoms with Crippen molar-refractivity contribution in [3.05, 3.63) is 18.0 Å². The van der Waals surface area contributed by atoms with Gasteiger partial charge in [-0.15, -0.1) is 0 Å². The van der Waals surface area contributed by atoms with Crippen molar-refractivity contribution in [2.75, 3.05) is 39.9 Å². The van der Waals surface area contributed by atoms with E-state index in [0.29, 0.717) is 11.7 Å². The lowest BCUT2D eigenvalue weighted by Gasteiger charge is -2.32. The zero-order valence-corrected chi connectivity index (χ0v) is 13.3. The highest BCUT2D eigenvalue weighted by atomic mass is 16.5. The fraction of sp³-hybridized carbons (Fsp3) is 0.750. The van der Waals surface area contributed by atoms with E-state index in [1.165, 1.54) is 19.3 Å². The standard InChI is InChI=1S/C16H26N4O2/c1-17-16(21)15-6-8-20(18-15)14-3-2-7-19(11-14)9-10-22-12-13-4-5-13/h6,8,13-14H,2-5,7,9-12H2,1H3,(H,17,21)/t14-/m1/s1. The van der Waals surface area contributed by atoms with Crippen molar-refractivity contribution in [3.8, 4) is 0 Å². The Morgan fingerprint density at radius 1 is 1.45 bits per heavy atom. The molecule has 1 saturated carbocycles. The Bertz CT molecular complexity index is 498. The Balaban J connectivity index is 1.46. The summed E-state index contributed by atoms with van der Waals surface area (Å²) in [7, 11) is 1.63. The molecule has 1 aliphatic carbocycles. The molecule has 2 aliphatic rings. The van der Waals surface area contributed by atoms with E-state index in [2.05, 4.69) is 15.3 Å². The SMILES string of the molecule is CNC(=O)c1ccn([C@@H]2CCCN(CCOCC3CC3)C2)n1. The molecular weight excluding hydrogens is 280 g/mol. The summed E-state index contributed by atoms with van der Waals surface area (Å²) in [5, 5.41) is 7.03. The first kappa shape index (κ1) is 15.5. The van der Waals surface area contributed by atoms with Crippen molar-refractivity contribution >= 4 is 5.91 Å². The van der Waals surface area contributed by atoms with E-state index in [1.807, 2.05) is 10.9 Å². The monoisotopic (exact) mass is 306 g/mol. The van der Waals surface area contributed by atoms with Crippen LogP contribution in [0.4, 0.5) is 0 Å².